The number of hydrogen-bond acceptors (Lipinski definition) is 3. The van der Waals surface area contributed by atoms with Gasteiger partial charge in [-0.05, 0) is 43.5 Å². The molecule has 0 aromatic heterocycles. The third-order valence-electron chi connectivity index (χ3n) is 4.25. The van der Waals surface area contributed by atoms with Crippen LogP contribution in [-0.2, 0) is 20.7 Å². The smallest absolute Gasteiger partial charge is 0.331 e. The first-order valence-corrected chi connectivity index (χ1v) is 8.39. The van der Waals surface area contributed by atoms with E-state index in [2.05, 4.69) is 0 Å². The van der Waals surface area contributed by atoms with E-state index in [1.807, 2.05) is 55.5 Å². The number of fused-ring (bicyclic) bond motifs is 1. The molecule has 1 atom stereocenters. The predicted molar refractivity (Wildman–Crippen MR) is 98.3 cm³/mol. The van der Waals surface area contributed by atoms with Crippen molar-refractivity contribution in [1.29, 1.82) is 0 Å². The summed E-state index contributed by atoms with van der Waals surface area (Å²) in [7, 11) is 0. The SMILES string of the molecule is Cc1cccc(/C=C/C(=O)O[C@H](C)C(=O)N2CCc3ccccc32)c1. The van der Waals surface area contributed by atoms with Crippen molar-refractivity contribution in [3.63, 3.8) is 0 Å². The molecule has 0 spiro atoms. The fraction of sp³-hybridized carbons (Fsp3) is 0.238. The molecule has 0 unspecified atom stereocenters. The van der Waals surface area contributed by atoms with Crippen molar-refractivity contribution in [1.82, 2.24) is 0 Å². The van der Waals surface area contributed by atoms with Crippen LogP contribution in [-0.4, -0.2) is 24.5 Å². The summed E-state index contributed by atoms with van der Waals surface area (Å²) in [4.78, 5) is 26.3. The lowest BCUT2D eigenvalue weighted by atomic mass is 10.1. The van der Waals surface area contributed by atoms with E-state index in [0.717, 1.165) is 28.8 Å². The lowest BCUT2D eigenvalue weighted by Crippen LogP contribution is -2.38. The largest absolute Gasteiger partial charge is 0.449 e. The Morgan fingerprint density at radius 3 is 2.76 bits per heavy atom. The Morgan fingerprint density at radius 1 is 1.16 bits per heavy atom. The molecule has 2 aromatic carbocycles. The highest BCUT2D eigenvalue weighted by Crippen LogP contribution is 2.28. The first-order chi connectivity index (χ1) is 12.0. The van der Waals surface area contributed by atoms with Crippen LogP contribution in [0.5, 0.6) is 0 Å². The molecular formula is C21H21NO3. The molecule has 0 aliphatic carbocycles. The van der Waals surface area contributed by atoms with Crippen molar-refractivity contribution in [2.45, 2.75) is 26.4 Å². The second-order valence-electron chi connectivity index (χ2n) is 6.20. The summed E-state index contributed by atoms with van der Waals surface area (Å²) in [6.07, 6.45) is 3.06. The number of aryl methyl sites for hydroxylation is 1. The molecule has 0 radical (unpaired) electrons. The highest BCUT2D eigenvalue weighted by atomic mass is 16.5. The van der Waals surface area contributed by atoms with Crippen molar-refractivity contribution in [3.8, 4) is 0 Å². The van der Waals surface area contributed by atoms with Crippen LogP contribution in [0, 0.1) is 6.92 Å². The van der Waals surface area contributed by atoms with E-state index in [1.54, 1.807) is 17.9 Å². The lowest BCUT2D eigenvalue weighted by molar-refractivity contribution is -0.149. The maximum Gasteiger partial charge on any atom is 0.331 e. The fourth-order valence-corrected chi connectivity index (χ4v) is 2.99. The number of nitrogens with zero attached hydrogens (tertiary/aromatic N) is 1. The van der Waals surface area contributed by atoms with Gasteiger partial charge in [0, 0.05) is 18.3 Å². The average molecular weight is 335 g/mol. The Kier molecular flexibility index (Phi) is 4.98. The van der Waals surface area contributed by atoms with Crippen molar-refractivity contribution in [3.05, 3.63) is 71.3 Å². The third-order valence-corrected chi connectivity index (χ3v) is 4.25. The van der Waals surface area contributed by atoms with Gasteiger partial charge in [-0.1, -0.05) is 48.0 Å². The number of esters is 1. The third kappa shape index (κ3) is 3.97. The normalized spacial score (nSPS) is 14.4. The van der Waals surface area contributed by atoms with Crippen molar-refractivity contribution >= 4 is 23.6 Å². The molecule has 4 nitrogen and oxygen atoms in total. The minimum absolute atomic E-state index is 0.192. The van der Waals surface area contributed by atoms with Crippen LogP contribution in [0.4, 0.5) is 5.69 Å². The van der Waals surface area contributed by atoms with Crippen molar-refractivity contribution < 1.29 is 14.3 Å². The maximum atomic E-state index is 12.6. The second kappa shape index (κ2) is 7.34. The number of ether oxygens (including phenoxy) is 1. The van der Waals surface area contributed by atoms with Gasteiger partial charge in [-0.25, -0.2) is 4.79 Å². The van der Waals surface area contributed by atoms with Crippen molar-refractivity contribution in [2.24, 2.45) is 0 Å². The van der Waals surface area contributed by atoms with E-state index in [0.29, 0.717) is 6.54 Å². The number of para-hydroxylation sites is 1. The number of amides is 1. The van der Waals surface area contributed by atoms with Gasteiger partial charge in [0.05, 0.1) is 0 Å². The van der Waals surface area contributed by atoms with Gasteiger partial charge < -0.3 is 9.64 Å². The van der Waals surface area contributed by atoms with Crippen molar-refractivity contribution in [2.75, 3.05) is 11.4 Å². The fourth-order valence-electron chi connectivity index (χ4n) is 2.99. The van der Waals surface area contributed by atoms with Crippen LogP contribution < -0.4 is 4.90 Å². The Hall–Kier alpha value is -2.88. The first kappa shape index (κ1) is 17.0. The highest BCUT2D eigenvalue weighted by molar-refractivity contribution is 6.00. The zero-order valence-electron chi connectivity index (χ0n) is 14.4. The predicted octanol–water partition coefficient (Wildman–Crippen LogP) is 3.53. The molecular weight excluding hydrogens is 314 g/mol. The zero-order valence-corrected chi connectivity index (χ0v) is 14.4. The Morgan fingerprint density at radius 2 is 1.96 bits per heavy atom. The first-order valence-electron chi connectivity index (χ1n) is 8.39. The summed E-state index contributed by atoms with van der Waals surface area (Å²) in [6, 6.07) is 15.6. The Balaban J connectivity index is 1.61. The zero-order chi connectivity index (χ0) is 17.8. The summed E-state index contributed by atoms with van der Waals surface area (Å²) in [5.74, 6) is -0.711. The van der Waals surface area contributed by atoms with Gasteiger partial charge in [-0.15, -0.1) is 0 Å². The van der Waals surface area contributed by atoms with Gasteiger partial charge in [-0.3, -0.25) is 4.79 Å². The minimum atomic E-state index is -0.819. The number of carbonyl (C=O) groups excluding carboxylic acids is 2. The topological polar surface area (TPSA) is 46.6 Å². The second-order valence-corrected chi connectivity index (χ2v) is 6.20. The van der Waals surface area contributed by atoms with E-state index in [-0.39, 0.29) is 5.91 Å². The van der Waals surface area contributed by atoms with Gasteiger partial charge in [0.1, 0.15) is 0 Å². The van der Waals surface area contributed by atoms with E-state index in [4.69, 9.17) is 4.74 Å². The van der Waals surface area contributed by atoms with E-state index in [1.165, 1.54) is 6.08 Å². The van der Waals surface area contributed by atoms with Gasteiger partial charge >= 0.3 is 5.97 Å². The molecule has 0 bridgehead atoms. The monoisotopic (exact) mass is 335 g/mol. The Labute approximate surface area is 147 Å². The molecule has 1 aliphatic rings. The van der Waals surface area contributed by atoms with E-state index >= 15 is 0 Å². The van der Waals surface area contributed by atoms with Crippen LogP contribution in [0.2, 0.25) is 0 Å². The van der Waals surface area contributed by atoms with Gasteiger partial charge in [0.15, 0.2) is 6.10 Å². The molecule has 1 amide bonds. The quantitative estimate of drug-likeness (QED) is 0.634. The maximum absolute atomic E-state index is 12.6. The van der Waals surface area contributed by atoms with Gasteiger partial charge in [0.25, 0.3) is 5.91 Å². The summed E-state index contributed by atoms with van der Waals surface area (Å²) in [5.41, 5.74) is 4.09. The highest BCUT2D eigenvalue weighted by Gasteiger charge is 2.29. The number of rotatable bonds is 4. The molecule has 25 heavy (non-hydrogen) atoms. The summed E-state index contributed by atoms with van der Waals surface area (Å²) in [5, 5.41) is 0. The number of anilines is 1. The summed E-state index contributed by atoms with van der Waals surface area (Å²) in [6.45, 7) is 4.23. The molecule has 0 N–H and O–H groups in total. The standard InChI is InChI=1S/C21H21NO3/c1-15-6-5-7-17(14-15)10-11-20(23)25-16(2)21(24)22-13-12-18-8-3-4-9-19(18)22/h3-11,14,16H,12-13H2,1-2H3/b11-10+/t16-/m1/s1. The molecule has 4 heteroatoms. The molecule has 1 heterocycles. The number of carbonyl (C=O) groups is 2. The molecule has 0 saturated heterocycles. The molecule has 0 fully saturated rings. The van der Waals surface area contributed by atoms with Gasteiger partial charge in [-0.2, -0.15) is 0 Å². The number of hydrogen-bond donors (Lipinski definition) is 0. The van der Waals surface area contributed by atoms with Gasteiger partial charge in [0.2, 0.25) is 0 Å². The van der Waals surface area contributed by atoms with E-state index < -0.39 is 12.1 Å². The van der Waals surface area contributed by atoms with E-state index in [9.17, 15) is 9.59 Å². The van der Waals surface area contributed by atoms with Crippen LogP contribution in [0.1, 0.15) is 23.6 Å². The molecule has 2 aromatic rings. The lowest BCUT2D eigenvalue weighted by Gasteiger charge is -2.21. The summed E-state index contributed by atoms with van der Waals surface area (Å²) >= 11 is 0. The average Bonchev–Trinajstić information content (AvgIpc) is 3.03. The minimum Gasteiger partial charge on any atom is -0.449 e. The van der Waals surface area contributed by atoms with Crippen LogP contribution in [0.3, 0.4) is 0 Å². The molecule has 0 saturated carbocycles. The number of benzene rings is 2. The van der Waals surface area contributed by atoms with Crippen LogP contribution in [0.15, 0.2) is 54.6 Å². The van der Waals surface area contributed by atoms with Crippen LogP contribution >= 0.6 is 0 Å². The summed E-state index contributed by atoms with van der Waals surface area (Å²) < 4.78 is 5.27. The molecule has 3 rings (SSSR count). The molecule has 1 aliphatic heterocycles. The molecule has 128 valence electrons. The Bertz CT molecular complexity index is 825. The van der Waals surface area contributed by atoms with Crippen LogP contribution in [0.25, 0.3) is 6.08 Å².